The average molecular weight is 355 g/mol. The normalized spacial score (nSPS) is 15.9. The van der Waals surface area contributed by atoms with Gasteiger partial charge in [0.15, 0.2) is 11.6 Å². The Labute approximate surface area is 149 Å². The maximum atomic E-state index is 14.6. The largest absolute Gasteiger partial charge is 0.494 e. The molecule has 0 fully saturated rings. The second-order valence-corrected chi connectivity index (χ2v) is 5.96. The third-order valence-electron chi connectivity index (χ3n) is 4.19. The maximum Gasteiger partial charge on any atom is 0.170 e. The van der Waals surface area contributed by atoms with Gasteiger partial charge in [0.05, 0.1) is 25.5 Å². The van der Waals surface area contributed by atoms with Crippen molar-refractivity contribution in [1.29, 1.82) is 0 Å². The number of ether oxygens (including phenoxy) is 1. The van der Waals surface area contributed by atoms with Gasteiger partial charge in [0.2, 0.25) is 0 Å². The molecule has 0 saturated heterocycles. The molecule has 2 aromatic rings. The van der Waals surface area contributed by atoms with Crippen LogP contribution < -0.4 is 16.0 Å². The van der Waals surface area contributed by atoms with E-state index in [1.165, 1.54) is 18.5 Å². The topological polar surface area (TPSA) is 83.9 Å². The minimum atomic E-state index is -0.391. The number of benzene rings is 1. The van der Waals surface area contributed by atoms with E-state index in [0.717, 1.165) is 22.7 Å². The molecule has 4 rings (SSSR count). The van der Waals surface area contributed by atoms with Crippen LogP contribution in [0, 0.1) is 5.82 Å². The Morgan fingerprint density at radius 1 is 1.35 bits per heavy atom. The summed E-state index contributed by atoms with van der Waals surface area (Å²) in [5.41, 5.74) is 6.91. The molecular weight excluding hydrogens is 337 g/mol. The van der Waals surface area contributed by atoms with Crippen LogP contribution in [0.15, 0.2) is 53.2 Å². The lowest BCUT2D eigenvalue weighted by molar-refractivity contribution is 0.295. The number of halogens is 1. The molecule has 3 heterocycles. The molecule has 0 aliphatic carbocycles. The van der Waals surface area contributed by atoms with Crippen LogP contribution in [-0.2, 0) is 13.6 Å². The number of aliphatic imine (C=N–C) groups is 1. The van der Waals surface area contributed by atoms with Crippen LogP contribution in [0.3, 0.4) is 0 Å². The molecule has 134 valence electrons. The molecule has 2 aliphatic heterocycles. The third kappa shape index (κ3) is 2.68. The molecule has 0 spiro atoms. The molecular formula is C17H18FN7O. The van der Waals surface area contributed by atoms with Crippen LogP contribution in [0.4, 0.5) is 4.39 Å². The Bertz CT molecular complexity index is 946. The van der Waals surface area contributed by atoms with Gasteiger partial charge in [-0.05, 0) is 6.07 Å². The lowest BCUT2D eigenvalue weighted by atomic mass is 10.1. The van der Waals surface area contributed by atoms with Gasteiger partial charge in [-0.25, -0.2) is 15.2 Å². The number of nitrogens with one attached hydrogen (secondary N) is 1. The van der Waals surface area contributed by atoms with E-state index in [-0.39, 0.29) is 12.3 Å². The molecule has 9 heteroatoms. The molecule has 1 aromatic carbocycles. The van der Waals surface area contributed by atoms with Crippen LogP contribution in [0.25, 0.3) is 5.70 Å². The summed E-state index contributed by atoms with van der Waals surface area (Å²) in [7, 11) is 3.29. The molecule has 0 atom stereocenters. The van der Waals surface area contributed by atoms with Gasteiger partial charge in [0.25, 0.3) is 0 Å². The van der Waals surface area contributed by atoms with Crippen molar-refractivity contribution < 1.29 is 9.13 Å². The Hall–Kier alpha value is -3.33. The van der Waals surface area contributed by atoms with Crippen molar-refractivity contribution >= 4 is 12.0 Å². The number of nitrogens with zero attached hydrogens (tertiary/aromatic N) is 5. The lowest BCUT2D eigenvalue weighted by Gasteiger charge is -2.24. The molecule has 0 bridgehead atoms. The molecule has 0 saturated carbocycles. The number of hydrogen-bond donors (Lipinski definition) is 2. The van der Waals surface area contributed by atoms with Crippen LogP contribution in [0.2, 0.25) is 0 Å². The first-order valence-corrected chi connectivity index (χ1v) is 7.95. The molecule has 3 N–H and O–H groups in total. The van der Waals surface area contributed by atoms with Gasteiger partial charge in [-0.3, -0.25) is 20.1 Å². The first kappa shape index (κ1) is 16.2. The standard InChI is InChI=1S/C17H18FN7O/c1-23-7-12(6-21-23)16-17-13(9-24(19)10-20-17)25(22-16)8-11-4-3-5-14(26-2)15(11)18/h3-7,9-10,22H,8,19H2,1-2H3. The number of nitrogens with two attached hydrogens (primary N) is 1. The number of hydrazine groups is 2. The number of hydrogen-bond acceptors (Lipinski definition) is 7. The van der Waals surface area contributed by atoms with Gasteiger partial charge in [-0.1, -0.05) is 12.1 Å². The zero-order chi connectivity index (χ0) is 18.3. The first-order chi connectivity index (χ1) is 12.6. The van der Waals surface area contributed by atoms with E-state index in [1.807, 2.05) is 13.2 Å². The quantitative estimate of drug-likeness (QED) is 0.805. The van der Waals surface area contributed by atoms with Crippen molar-refractivity contribution in [2.45, 2.75) is 6.54 Å². The minimum Gasteiger partial charge on any atom is -0.494 e. The maximum absolute atomic E-state index is 14.6. The van der Waals surface area contributed by atoms with Crippen molar-refractivity contribution in [3.05, 3.63) is 65.1 Å². The molecule has 8 nitrogen and oxygen atoms in total. The summed E-state index contributed by atoms with van der Waals surface area (Å²) in [6, 6.07) is 5.06. The number of aromatic nitrogens is 2. The van der Waals surface area contributed by atoms with Gasteiger partial charge in [0, 0.05) is 30.6 Å². The van der Waals surface area contributed by atoms with E-state index in [4.69, 9.17) is 10.6 Å². The number of aryl methyl sites for hydroxylation is 1. The van der Waals surface area contributed by atoms with Gasteiger partial charge in [-0.15, -0.1) is 0 Å². The summed E-state index contributed by atoms with van der Waals surface area (Å²) >= 11 is 0. The van der Waals surface area contributed by atoms with E-state index < -0.39 is 5.82 Å². The summed E-state index contributed by atoms with van der Waals surface area (Å²) in [4.78, 5) is 4.42. The van der Waals surface area contributed by atoms with Crippen LogP contribution in [0.5, 0.6) is 5.75 Å². The summed E-state index contributed by atoms with van der Waals surface area (Å²) in [5.74, 6) is 5.65. The van der Waals surface area contributed by atoms with Crippen molar-refractivity contribution in [3.8, 4) is 5.75 Å². The molecule has 1 aromatic heterocycles. The Kier molecular flexibility index (Phi) is 3.85. The van der Waals surface area contributed by atoms with E-state index >= 15 is 0 Å². The average Bonchev–Trinajstić information content (AvgIpc) is 3.20. The van der Waals surface area contributed by atoms with Gasteiger partial charge in [-0.2, -0.15) is 5.10 Å². The van der Waals surface area contributed by atoms with E-state index in [2.05, 4.69) is 15.5 Å². The van der Waals surface area contributed by atoms with Crippen LogP contribution in [-0.4, -0.2) is 33.2 Å². The van der Waals surface area contributed by atoms with Gasteiger partial charge < -0.3 is 4.74 Å². The Balaban J connectivity index is 1.69. The van der Waals surface area contributed by atoms with Gasteiger partial charge in [0.1, 0.15) is 17.7 Å². The highest BCUT2D eigenvalue weighted by Crippen LogP contribution is 2.34. The Morgan fingerprint density at radius 2 is 2.19 bits per heavy atom. The summed E-state index contributed by atoms with van der Waals surface area (Å²) in [6.07, 6.45) is 6.88. The van der Waals surface area contributed by atoms with Crippen molar-refractivity contribution in [3.63, 3.8) is 0 Å². The first-order valence-electron chi connectivity index (χ1n) is 7.95. The predicted molar refractivity (Wildman–Crippen MR) is 94.4 cm³/mol. The van der Waals surface area contributed by atoms with Crippen molar-refractivity contribution in [2.75, 3.05) is 7.11 Å². The number of methoxy groups -OCH3 is 1. The second kappa shape index (κ2) is 6.19. The zero-order valence-corrected chi connectivity index (χ0v) is 14.3. The van der Waals surface area contributed by atoms with Crippen molar-refractivity contribution in [1.82, 2.24) is 25.2 Å². The summed E-state index contributed by atoms with van der Waals surface area (Å²) in [5, 5.41) is 7.36. The molecule has 0 amide bonds. The highest BCUT2D eigenvalue weighted by atomic mass is 19.1. The van der Waals surface area contributed by atoms with E-state index in [1.54, 1.807) is 40.3 Å². The number of fused-ring (bicyclic) bond motifs is 1. The SMILES string of the molecule is COc1cccc(CN2NC(c3cnn(C)c3)=C3N=CN(N)C=C32)c1F. The fourth-order valence-corrected chi connectivity index (χ4v) is 2.95. The highest BCUT2D eigenvalue weighted by molar-refractivity contribution is 5.77. The number of rotatable bonds is 4. The second-order valence-electron chi connectivity index (χ2n) is 5.96. The zero-order valence-electron chi connectivity index (χ0n) is 14.3. The molecule has 0 radical (unpaired) electrons. The molecule has 0 unspecified atom stereocenters. The van der Waals surface area contributed by atoms with Crippen LogP contribution >= 0.6 is 0 Å². The summed E-state index contributed by atoms with van der Waals surface area (Å²) < 4.78 is 21.3. The highest BCUT2D eigenvalue weighted by Gasteiger charge is 2.31. The minimum absolute atomic E-state index is 0.207. The van der Waals surface area contributed by atoms with Crippen LogP contribution in [0.1, 0.15) is 11.1 Å². The lowest BCUT2D eigenvalue weighted by Crippen LogP contribution is -2.33. The molecule has 26 heavy (non-hydrogen) atoms. The Morgan fingerprint density at radius 3 is 2.92 bits per heavy atom. The monoisotopic (exact) mass is 355 g/mol. The molecule has 2 aliphatic rings. The predicted octanol–water partition coefficient (Wildman–Crippen LogP) is 1.32. The van der Waals surface area contributed by atoms with Crippen molar-refractivity contribution in [2.24, 2.45) is 17.9 Å². The summed E-state index contributed by atoms with van der Waals surface area (Å²) in [6.45, 7) is 0.269. The third-order valence-corrected chi connectivity index (χ3v) is 4.19. The fourth-order valence-electron chi connectivity index (χ4n) is 2.95. The van der Waals surface area contributed by atoms with E-state index in [9.17, 15) is 4.39 Å². The fraction of sp³-hybridized carbons (Fsp3) is 0.176. The van der Waals surface area contributed by atoms with Gasteiger partial charge >= 0.3 is 0 Å². The smallest absolute Gasteiger partial charge is 0.170 e. The van der Waals surface area contributed by atoms with E-state index in [0.29, 0.717) is 5.56 Å².